The zero-order chi connectivity index (χ0) is 40.8. The maximum atomic E-state index is 5.42. The van der Waals surface area contributed by atoms with Crippen molar-refractivity contribution in [2.75, 3.05) is 0 Å². The van der Waals surface area contributed by atoms with Gasteiger partial charge in [0.15, 0.2) is 17.5 Å². The lowest BCUT2D eigenvalue weighted by Crippen LogP contribution is -2.26. The van der Waals surface area contributed by atoms with Crippen LogP contribution in [-0.4, -0.2) is 15.0 Å². The summed E-state index contributed by atoms with van der Waals surface area (Å²) in [5, 5.41) is 2.61. The van der Waals surface area contributed by atoms with Crippen molar-refractivity contribution >= 4 is 31.5 Å². The number of rotatable bonds is 5. The van der Waals surface area contributed by atoms with E-state index < -0.39 is 5.41 Å². The first-order valence-corrected chi connectivity index (χ1v) is 21.9. The average Bonchev–Trinajstić information content (AvgIpc) is 3.98. The summed E-state index contributed by atoms with van der Waals surface area (Å²) in [6, 6.07) is 76.7. The van der Waals surface area contributed by atoms with Crippen molar-refractivity contribution in [3.8, 4) is 78.7 Å². The van der Waals surface area contributed by atoms with Gasteiger partial charge in [-0.25, -0.2) is 15.0 Å². The van der Waals surface area contributed by atoms with Crippen LogP contribution < -0.4 is 0 Å². The molecule has 0 atom stereocenters. The molecule has 2 heterocycles. The largest absolute Gasteiger partial charge is 0.208 e. The van der Waals surface area contributed by atoms with Crippen molar-refractivity contribution < 1.29 is 0 Å². The lowest BCUT2D eigenvalue weighted by molar-refractivity contribution is 0.794. The molecule has 0 unspecified atom stereocenters. The molecule has 288 valence electrons. The number of fused-ring (bicyclic) bond motifs is 13. The zero-order valence-corrected chi connectivity index (χ0v) is 34.3. The van der Waals surface area contributed by atoms with Gasteiger partial charge in [0.1, 0.15) is 0 Å². The summed E-state index contributed by atoms with van der Waals surface area (Å²) in [5.41, 5.74) is 17.0. The Bertz CT molecular complexity index is 3500. The minimum absolute atomic E-state index is 0.544. The van der Waals surface area contributed by atoms with Gasteiger partial charge in [0.25, 0.3) is 0 Å². The van der Waals surface area contributed by atoms with Crippen molar-refractivity contribution in [3.05, 3.63) is 235 Å². The first-order chi connectivity index (χ1) is 30.7. The molecule has 0 aliphatic heterocycles. The van der Waals surface area contributed by atoms with Gasteiger partial charge in [-0.2, -0.15) is 0 Å². The van der Waals surface area contributed by atoms with E-state index in [2.05, 4.69) is 206 Å². The molecule has 2 aliphatic carbocycles. The monoisotopic (exact) mass is 805 g/mol. The van der Waals surface area contributed by atoms with E-state index >= 15 is 0 Å². The Morgan fingerprint density at radius 2 is 0.726 bits per heavy atom. The van der Waals surface area contributed by atoms with Gasteiger partial charge in [-0.15, -0.1) is 11.3 Å². The third-order valence-corrected chi connectivity index (χ3v) is 14.1. The van der Waals surface area contributed by atoms with Gasteiger partial charge in [0.2, 0.25) is 0 Å². The average molecular weight is 806 g/mol. The van der Waals surface area contributed by atoms with Gasteiger partial charge >= 0.3 is 0 Å². The van der Waals surface area contributed by atoms with Gasteiger partial charge in [-0.1, -0.05) is 200 Å². The lowest BCUT2D eigenvalue weighted by Gasteiger charge is -2.31. The first-order valence-electron chi connectivity index (χ1n) is 21.1. The highest BCUT2D eigenvalue weighted by molar-refractivity contribution is 7.25. The van der Waals surface area contributed by atoms with Crippen LogP contribution in [0.15, 0.2) is 212 Å². The minimum atomic E-state index is -0.544. The molecular formula is C58H35N3S. The molecule has 2 aromatic heterocycles. The Balaban J connectivity index is 1.00. The van der Waals surface area contributed by atoms with Crippen LogP contribution in [0.5, 0.6) is 0 Å². The highest BCUT2D eigenvalue weighted by atomic mass is 32.1. The molecule has 0 fully saturated rings. The van der Waals surface area contributed by atoms with Crippen LogP contribution in [0.25, 0.3) is 98.8 Å². The molecule has 4 heteroatoms. The Hall–Kier alpha value is -7.79. The predicted octanol–water partition coefficient (Wildman–Crippen LogP) is 14.9. The van der Waals surface area contributed by atoms with Gasteiger partial charge in [0, 0.05) is 36.9 Å². The van der Waals surface area contributed by atoms with E-state index in [4.69, 9.17) is 15.0 Å². The van der Waals surface area contributed by atoms with E-state index in [0.717, 1.165) is 27.8 Å². The topological polar surface area (TPSA) is 38.7 Å². The van der Waals surface area contributed by atoms with Crippen molar-refractivity contribution in [2.45, 2.75) is 5.41 Å². The summed E-state index contributed by atoms with van der Waals surface area (Å²) in [5.74, 6) is 1.93. The van der Waals surface area contributed by atoms with E-state index in [1.54, 1.807) is 0 Å². The summed E-state index contributed by atoms with van der Waals surface area (Å²) in [6.07, 6.45) is 0. The Morgan fingerprint density at radius 3 is 1.37 bits per heavy atom. The fraction of sp³-hybridized carbons (Fsp3) is 0.0172. The lowest BCUT2D eigenvalue weighted by atomic mass is 9.69. The second kappa shape index (κ2) is 13.6. The molecule has 2 aliphatic rings. The van der Waals surface area contributed by atoms with Crippen LogP contribution in [-0.2, 0) is 5.41 Å². The first kappa shape index (κ1) is 35.0. The number of benzene rings is 9. The van der Waals surface area contributed by atoms with Gasteiger partial charge in [0.05, 0.1) is 5.41 Å². The molecule has 0 amide bonds. The smallest absolute Gasteiger partial charge is 0.164 e. The van der Waals surface area contributed by atoms with Crippen LogP contribution >= 0.6 is 11.3 Å². The quantitative estimate of drug-likeness (QED) is 0.174. The molecular weight excluding hydrogens is 771 g/mol. The van der Waals surface area contributed by atoms with E-state index in [9.17, 15) is 0 Å². The molecule has 13 rings (SSSR count). The van der Waals surface area contributed by atoms with Gasteiger partial charge in [-0.3, -0.25) is 0 Å². The summed E-state index contributed by atoms with van der Waals surface area (Å²) >= 11 is 1.85. The molecule has 0 radical (unpaired) electrons. The fourth-order valence-electron chi connectivity index (χ4n) is 10.3. The van der Waals surface area contributed by atoms with Crippen molar-refractivity contribution in [1.82, 2.24) is 15.0 Å². The summed E-state index contributed by atoms with van der Waals surface area (Å²) in [7, 11) is 0. The number of hydrogen-bond donors (Lipinski definition) is 0. The second-order valence-electron chi connectivity index (χ2n) is 16.3. The number of hydrogen-bond acceptors (Lipinski definition) is 4. The molecule has 0 saturated heterocycles. The Kier molecular flexibility index (Phi) is 7.69. The van der Waals surface area contributed by atoms with Crippen LogP contribution in [0.2, 0.25) is 0 Å². The number of nitrogens with zero attached hydrogens (tertiary/aromatic N) is 3. The second-order valence-corrected chi connectivity index (χ2v) is 17.3. The Morgan fingerprint density at radius 1 is 0.290 bits per heavy atom. The third kappa shape index (κ3) is 5.14. The normalized spacial score (nSPS) is 13.0. The van der Waals surface area contributed by atoms with Crippen LogP contribution in [0.4, 0.5) is 0 Å². The Labute approximate surface area is 363 Å². The van der Waals surface area contributed by atoms with E-state index in [1.807, 2.05) is 17.4 Å². The zero-order valence-electron chi connectivity index (χ0n) is 33.5. The van der Waals surface area contributed by atoms with E-state index in [0.29, 0.717) is 17.5 Å². The molecule has 9 aromatic carbocycles. The highest BCUT2D eigenvalue weighted by Gasteiger charge is 2.52. The standard InChI is InChI=1S/C58H35N3S/c1-2-13-36(14-3-1)37-25-29-39(30-26-37)55-59-56(40-31-27-38(28-32-40)41-33-34-46-45-18-7-11-24-52(45)62-53(46)35-41)61-57(60-55)48-20-12-19-47-44-17-6-10-23-51(44)58(54(47)48)49-21-8-4-15-42(49)43-16-5-9-22-50(43)58/h1-35H. The number of aromatic nitrogens is 3. The maximum Gasteiger partial charge on any atom is 0.164 e. The summed E-state index contributed by atoms with van der Waals surface area (Å²) in [6.45, 7) is 0. The van der Waals surface area contributed by atoms with E-state index in [1.165, 1.54) is 75.8 Å². The summed E-state index contributed by atoms with van der Waals surface area (Å²) < 4.78 is 2.60. The molecule has 62 heavy (non-hydrogen) atoms. The molecule has 3 nitrogen and oxygen atoms in total. The molecule has 1 spiro atoms. The van der Waals surface area contributed by atoms with Gasteiger partial charge in [-0.05, 0) is 78.9 Å². The SMILES string of the molecule is c1ccc(-c2ccc(-c3nc(-c4ccc(-c5ccc6c(c5)sc5ccccc56)cc4)nc(-c4cccc5c4C4(c6ccccc6-c6ccccc64)c4ccccc4-5)n3)cc2)cc1. The highest BCUT2D eigenvalue weighted by Crippen LogP contribution is 2.64. The molecule has 0 bridgehead atoms. The third-order valence-electron chi connectivity index (χ3n) is 13.0. The fourth-order valence-corrected chi connectivity index (χ4v) is 11.4. The molecule has 0 saturated carbocycles. The minimum Gasteiger partial charge on any atom is -0.208 e. The van der Waals surface area contributed by atoms with Crippen molar-refractivity contribution in [3.63, 3.8) is 0 Å². The van der Waals surface area contributed by atoms with Crippen LogP contribution in [0.1, 0.15) is 22.3 Å². The van der Waals surface area contributed by atoms with Crippen molar-refractivity contribution in [2.24, 2.45) is 0 Å². The summed E-state index contributed by atoms with van der Waals surface area (Å²) in [4.78, 5) is 16.1. The van der Waals surface area contributed by atoms with Gasteiger partial charge < -0.3 is 0 Å². The van der Waals surface area contributed by atoms with E-state index in [-0.39, 0.29) is 0 Å². The number of thiophene rings is 1. The molecule has 0 N–H and O–H groups in total. The maximum absolute atomic E-state index is 5.42. The van der Waals surface area contributed by atoms with Crippen molar-refractivity contribution in [1.29, 1.82) is 0 Å². The van der Waals surface area contributed by atoms with Crippen LogP contribution in [0.3, 0.4) is 0 Å². The molecule has 11 aromatic rings. The van der Waals surface area contributed by atoms with Crippen LogP contribution in [0, 0.1) is 0 Å². The predicted molar refractivity (Wildman–Crippen MR) is 256 cm³/mol.